The zero-order valence-electron chi connectivity index (χ0n) is 15.4. The number of ether oxygens (including phenoxy) is 1. The van der Waals surface area contributed by atoms with Gasteiger partial charge in [-0.3, -0.25) is 9.59 Å². The van der Waals surface area contributed by atoms with Crippen LogP contribution in [-0.2, 0) is 15.0 Å². The molecule has 0 saturated heterocycles. The monoisotopic (exact) mass is 353 g/mol. The SMILES string of the molecule is Cc1cc2c(cc1C)C(C(=O)Nc1ccc(C(C)(C)C(=O)O)cc1)CO2. The van der Waals surface area contributed by atoms with Crippen LogP contribution in [0, 0.1) is 13.8 Å². The summed E-state index contributed by atoms with van der Waals surface area (Å²) >= 11 is 0. The molecule has 5 nitrogen and oxygen atoms in total. The predicted molar refractivity (Wildman–Crippen MR) is 99.9 cm³/mol. The summed E-state index contributed by atoms with van der Waals surface area (Å²) in [6, 6.07) is 10.9. The number of hydrogen-bond acceptors (Lipinski definition) is 3. The van der Waals surface area contributed by atoms with Gasteiger partial charge in [-0.25, -0.2) is 0 Å². The van der Waals surface area contributed by atoms with E-state index in [1.165, 1.54) is 0 Å². The molecule has 0 fully saturated rings. The molecule has 0 radical (unpaired) electrons. The highest BCUT2D eigenvalue weighted by Gasteiger charge is 2.32. The first-order chi connectivity index (χ1) is 12.2. The summed E-state index contributed by atoms with van der Waals surface area (Å²) in [4.78, 5) is 24.0. The highest BCUT2D eigenvalue weighted by atomic mass is 16.5. The van der Waals surface area contributed by atoms with Crippen LogP contribution in [0.1, 0.15) is 42.0 Å². The van der Waals surface area contributed by atoms with Crippen molar-refractivity contribution < 1.29 is 19.4 Å². The van der Waals surface area contributed by atoms with Crippen molar-refractivity contribution in [2.24, 2.45) is 0 Å². The van der Waals surface area contributed by atoms with Gasteiger partial charge in [-0.05, 0) is 62.6 Å². The lowest BCUT2D eigenvalue weighted by molar-refractivity contribution is -0.142. The molecule has 1 unspecified atom stereocenters. The van der Waals surface area contributed by atoms with Gasteiger partial charge < -0.3 is 15.2 Å². The standard InChI is InChI=1S/C21H23NO4/c1-12-9-16-17(11-26-18(16)10-13(12)2)19(23)22-15-7-5-14(6-8-15)21(3,4)20(24)25/h5-10,17H,11H2,1-4H3,(H,22,23)(H,24,25). The average molecular weight is 353 g/mol. The summed E-state index contributed by atoms with van der Waals surface area (Å²) in [5.41, 5.74) is 3.53. The van der Waals surface area contributed by atoms with Gasteiger partial charge in [-0.1, -0.05) is 18.2 Å². The number of carboxylic acids is 1. The molecule has 0 aliphatic carbocycles. The molecule has 5 heteroatoms. The van der Waals surface area contributed by atoms with Crippen LogP contribution in [0.4, 0.5) is 5.69 Å². The van der Waals surface area contributed by atoms with Crippen molar-refractivity contribution >= 4 is 17.6 Å². The Morgan fingerprint density at radius 2 is 1.73 bits per heavy atom. The normalized spacial score (nSPS) is 15.9. The maximum absolute atomic E-state index is 12.7. The van der Waals surface area contributed by atoms with E-state index in [1.54, 1.807) is 38.1 Å². The van der Waals surface area contributed by atoms with Gasteiger partial charge in [-0.15, -0.1) is 0 Å². The summed E-state index contributed by atoms with van der Waals surface area (Å²) in [5, 5.41) is 12.2. The van der Waals surface area contributed by atoms with Gasteiger partial charge in [0.25, 0.3) is 0 Å². The van der Waals surface area contributed by atoms with Gasteiger partial charge in [0.15, 0.2) is 0 Å². The summed E-state index contributed by atoms with van der Waals surface area (Å²) in [6.45, 7) is 7.67. The first-order valence-electron chi connectivity index (χ1n) is 8.59. The van der Waals surface area contributed by atoms with Gasteiger partial charge in [0, 0.05) is 11.3 Å². The molecule has 26 heavy (non-hydrogen) atoms. The zero-order valence-corrected chi connectivity index (χ0v) is 15.4. The maximum Gasteiger partial charge on any atom is 0.313 e. The predicted octanol–water partition coefficient (Wildman–Crippen LogP) is 3.78. The number of fused-ring (bicyclic) bond motifs is 1. The second-order valence-electron chi connectivity index (χ2n) is 7.33. The van der Waals surface area contributed by atoms with E-state index in [-0.39, 0.29) is 11.8 Å². The first kappa shape index (κ1) is 18.0. The second kappa shape index (κ2) is 6.48. The first-order valence-corrected chi connectivity index (χ1v) is 8.59. The lowest BCUT2D eigenvalue weighted by Gasteiger charge is -2.20. The van der Waals surface area contributed by atoms with Crippen molar-refractivity contribution in [3.8, 4) is 5.75 Å². The maximum atomic E-state index is 12.7. The van der Waals surface area contributed by atoms with Crippen molar-refractivity contribution in [2.75, 3.05) is 11.9 Å². The zero-order chi connectivity index (χ0) is 19.1. The molecule has 2 N–H and O–H groups in total. The van der Waals surface area contributed by atoms with Crippen LogP contribution in [0.3, 0.4) is 0 Å². The number of amides is 1. The van der Waals surface area contributed by atoms with Crippen LogP contribution in [0.25, 0.3) is 0 Å². The van der Waals surface area contributed by atoms with E-state index in [0.29, 0.717) is 17.9 Å². The number of anilines is 1. The molecule has 2 aromatic carbocycles. The van der Waals surface area contributed by atoms with Gasteiger partial charge >= 0.3 is 5.97 Å². The Kier molecular flexibility index (Phi) is 4.48. The van der Waals surface area contributed by atoms with Gasteiger partial charge in [0.05, 0.1) is 5.41 Å². The van der Waals surface area contributed by atoms with Crippen molar-refractivity contribution in [1.29, 1.82) is 0 Å². The number of carbonyl (C=O) groups excluding carboxylic acids is 1. The number of nitrogens with one attached hydrogen (secondary N) is 1. The Bertz CT molecular complexity index is 868. The number of carboxylic acid groups (broad SMARTS) is 1. The number of aryl methyl sites for hydroxylation is 2. The minimum absolute atomic E-state index is 0.128. The molecule has 0 aromatic heterocycles. The molecule has 136 valence electrons. The molecule has 1 heterocycles. The Labute approximate surface area is 153 Å². The van der Waals surface area contributed by atoms with Crippen LogP contribution in [0.15, 0.2) is 36.4 Å². The van der Waals surface area contributed by atoms with Crippen LogP contribution in [0.2, 0.25) is 0 Å². The minimum atomic E-state index is -0.976. The van der Waals surface area contributed by atoms with Gasteiger partial charge in [-0.2, -0.15) is 0 Å². The Hall–Kier alpha value is -2.82. The van der Waals surface area contributed by atoms with Crippen molar-refractivity contribution in [1.82, 2.24) is 0 Å². The third kappa shape index (κ3) is 3.17. The van der Waals surface area contributed by atoms with E-state index in [1.807, 2.05) is 26.0 Å². The van der Waals surface area contributed by atoms with Crippen LogP contribution < -0.4 is 10.1 Å². The largest absolute Gasteiger partial charge is 0.492 e. The van der Waals surface area contributed by atoms with Crippen molar-refractivity contribution in [3.05, 3.63) is 58.7 Å². The van der Waals surface area contributed by atoms with Crippen LogP contribution in [-0.4, -0.2) is 23.6 Å². The third-order valence-corrected chi connectivity index (χ3v) is 5.13. The van der Waals surface area contributed by atoms with E-state index in [0.717, 1.165) is 22.4 Å². The Morgan fingerprint density at radius 1 is 1.12 bits per heavy atom. The number of aliphatic carboxylic acids is 1. The summed E-state index contributed by atoms with van der Waals surface area (Å²) in [5.74, 6) is -0.594. The fraction of sp³-hybridized carbons (Fsp3) is 0.333. The van der Waals surface area contributed by atoms with Crippen LogP contribution in [0.5, 0.6) is 5.75 Å². The third-order valence-electron chi connectivity index (χ3n) is 5.13. The molecule has 0 bridgehead atoms. The van der Waals surface area contributed by atoms with E-state index in [9.17, 15) is 14.7 Å². The molecule has 3 rings (SSSR count). The molecule has 0 spiro atoms. The van der Waals surface area contributed by atoms with Crippen LogP contribution >= 0.6 is 0 Å². The highest BCUT2D eigenvalue weighted by Crippen LogP contribution is 2.36. The smallest absolute Gasteiger partial charge is 0.313 e. The molecule has 1 atom stereocenters. The molecule has 1 aliphatic heterocycles. The van der Waals surface area contributed by atoms with Crippen molar-refractivity contribution in [2.45, 2.75) is 39.0 Å². The summed E-state index contributed by atoms with van der Waals surface area (Å²) in [6.07, 6.45) is 0. The molecular weight excluding hydrogens is 330 g/mol. The Balaban J connectivity index is 1.76. The second-order valence-corrected chi connectivity index (χ2v) is 7.33. The molecule has 2 aromatic rings. The van der Waals surface area contributed by atoms with E-state index in [2.05, 4.69) is 5.32 Å². The van der Waals surface area contributed by atoms with Gasteiger partial charge in [0.2, 0.25) is 5.91 Å². The lowest BCUT2D eigenvalue weighted by atomic mass is 9.85. The van der Waals surface area contributed by atoms with E-state index < -0.39 is 11.4 Å². The van der Waals surface area contributed by atoms with E-state index in [4.69, 9.17) is 4.74 Å². The number of carbonyl (C=O) groups is 2. The molecule has 0 saturated carbocycles. The fourth-order valence-corrected chi connectivity index (χ4v) is 3.01. The van der Waals surface area contributed by atoms with E-state index >= 15 is 0 Å². The van der Waals surface area contributed by atoms with Crippen molar-refractivity contribution in [3.63, 3.8) is 0 Å². The summed E-state index contributed by atoms with van der Waals surface area (Å²) in [7, 11) is 0. The lowest BCUT2D eigenvalue weighted by Crippen LogP contribution is -2.28. The number of hydrogen-bond donors (Lipinski definition) is 2. The minimum Gasteiger partial charge on any atom is -0.492 e. The van der Waals surface area contributed by atoms with Gasteiger partial charge in [0.1, 0.15) is 18.3 Å². The molecule has 1 aliphatic rings. The Morgan fingerprint density at radius 3 is 2.35 bits per heavy atom. The average Bonchev–Trinajstić information content (AvgIpc) is 2.98. The summed E-state index contributed by atoms with van der Waals surface area (Å²) < 4.78 is 5.67. The highest BCUT2D eigenvalue weighted by molar-refractivity contribution is 5.97. The fourth-order valence-electron chi connectivity index (χ4n) is 3.01. The quantitative estimate of drug-likeness (QED) is 0.877. The number of benzene rings is 2. The number of rotatable bonds is 4. The molecule has 1 amide bonds. The topological polar surface area (TPSA) is 75.6 Å². The molecular formula is C21H23NO4.